The number of aliphatic hydroxyl groups is 1. The molecule has 1 aromatic heterocycles. The summed E-state index contributed by atoms with van der Waals surface area (Å²) in [4.78, 5) is 0. The molecule has 1 atom stereocenters. The van der Waals surface area contributed by atoms with Crippen LogP contribution in [0.1, 0.15) is 23.1 Å². The van der Waals surface area contributed by atoms with Crippen molar-refractivity contribution >= 4 is 22.4 Å². The number of halogens is 1. The molecule has 0 fully saturated rings. The zero-order chi connectivity index (χ0) is 15.0. The molecule has 0 saturated heterocycles. The van der Waals surface area contributed by atoms with Crippen LogP contribution in [-0.4, -0.2) is 14.9 Å². The van der Waals surface area contributed by atoms with Crippen molar-refractivity contribution < 1.29 is 5.11 Å². The highest BCUT2D eigenvalue weighted by Gasteiger charge is 2.18. The normalized spacial score (nSPS) is 12.8. The number of aryl methyl sites for hydroxylation is 2. The SMILES string of the molecule is Cc1nn(C)c(CC(O)c2cccc3ccccc23)c1Cl. The van der Waals surface area contributed by atoms with E-state index in [1.54, 1.807) is 4.68 Å². The number of fused-ring (bicyclic) bond motifs is 1. The summed E-state index contributed by atoms with van der Waals surface area (Å²) in [6.45, 7) is 1.87. The van der Waals surface area contributed by atoms with Gasteiger partial charge < -0.3 is 5.11 Å². The Labute approximate surface area is 128 Å². The first-order valence-electron chi connectivity index (χ1n) is 6.91. The van der Waals surface area contributed by atoms with Crippen molar-refractivity contribution in [3.05, 3.63) is 64.4 Å². The largest absolute Gasteiger partial charge is 0.388 e. The summed E-state index contributed by atoms with van der Waals surface area (Å²) in [5.74, 6) is 0. The van der Waals surface area contributed by atoms with Gasteiger partial charge in [-0.15, -0.1) is 0 Å². The van der Waals surface area contributed by atoms with Crippen LogP contribution in [0.4, 0.5) is 0 Å². The Morgan fingerprint density at radius 3 is 2.62 bits per heavy atom. The van der Waals surface area contributed by atoms with Crippen molar-refractivity contribution in [1.29, 1.82) is 0 Å². The molecule has 1 unspecified atom stereocenters. The molecule has 0 spiro atoms. The molecule has 0 aliphatic carbocycles. The number of aromatic nitrogens is 2. The third-order valence-electron chi connectivity index (χ3n) is 3.83. The minimum Gasteiger partial charge on any atom is -0.388 e. The van der Waals surface area contributed by atoms with Crippen LogP contribution in [0.25, 0.3) is 10.8 Å². The molecular formula is C17H17ClN2O. The summed E-state index contributed by atoms with van der Waals surface area (Å²) in [7, 11) is 1.85. The quantitative estimate of drug-likeness (QED) is 0.798. The number of hydrogen-bond acceptors (Lipinski definition) is 2. The highest BCUT2D eigenvalue weighted by Crippen LogP contribution is 2.29. The first-order valence-corrected chi connectivity index (χ1v) is 7.29. The third-order valence-corrected chi connectivity index (χ3v) is 4.32. The first-order chi connectivity index (χ1) is 10.1. The van der Waals surface area contributed by atoms with Crippen LogP contribution < -0.4 is 0 Å². The van der Waals surface area contributed by atoms with Crippen molar-refractivity contribution in [2.45, 2.75) is 19.4 Å². The summed E-state index contributed by atoms with van der Waals surface area (Å²) in [5, 5.41) is 17.8. The van der Waals surface area contributed by atoms with Gasteiger partial charge in [0.2, 0.25) is 0 Å². The topological polar surface area (TPSA) is 38.0 Å². The maximum atomic E-state index is 10.6. The molecule has 108 valence electrons. The maximum Gasteiger partial charge on any atom is 0.0851 e. The highest BCUT2D eigenvalue weighted by molar-refractivity contribution is 6.31. The molecular weight excluding hydrogens is 284 g/mol. The van der Waals surface area contributed by atoms with Crippen LogP contribution in [0, 0.1) is 6.92 Å². The van der Waals surface area contributed by atoms with Crippen molar-refractivity contribution in [3.63, 3.8) is 0 Å². The van der Waals surface area contributed by atoms with Gasteiger partial charge in [-0.3, -0.25) is 4.68 Å². The van der Waals surface area contributed by atoms with E-state index >= 15 is 0 Å². The number of nitrogens with zero attached hydrogens (tertiary/aromatic N) is 2. The smallest absolute Gasteiger partial charge is 0.0851 e. The van der Waals surface area contributed by atoms with Gasteiger partial charge in [-0.2, -0.15) is 5.10 Å². The van der Waals surface area contributed by atoms with E-state index in [4.69, 9.17) is 11.6 Å². The Balaban J connectivity index is 1.99. The lowest BCUT2D eigenvalue weighted by Gasteiger charge is -2.14. The second kappa shape index (κ2) is 5.51. The number of rotatable bonds is 3. The molecule has 3 rings (SSSR count). The lowest BCUT2D eigenvalue weighted by Crippen LogP contribution is -2.07. The van der Waals surface area contributed by atoms with E-state index in [1.807, 2.05) is 56.4 Å². The minimum absolute atomic E-state index is 0.449. The van der Waals surface area contributed by atoms with Crippen molar-refractivity contribution in [1.82, 2.24) is 9.78 Å². The molecule has 21 heavy (non-hydrogen) atoms. The second-order valence-electron chi connectivity index (χ2n) is 5.26. The Hall–Kier alpha value is -1.84. The molecule has 0 bridgehead atoms. The first kappa shape index (κ1) is 14.1. The number of hydrogen-bond donors (Lipinski definition) is 1. The molecule has 2 aromatic carbocycles. The van der Waals surface area contributed by atoms with Gasteiger partial charge in [0, 0.05) is 13.5 Å². The lowest BCUT2D eigenvalue weighted by molar-refractivity contribution is 0.177. The Morgan fingerprint density at radius 2 is 1.90 bits per heavy atom. The molecule has 1 N–H and O–H groups in total. The van der Waals surface area contributed by atoms with Crippen LogP contribution >= 0.6 is 11.6 Å². The summed E-state index contributed by atoms with van der Waals surface area (Å²) in [5.41, 5.74) is 2.57. The van der Waals surface area contributed by atoms with Gasteiger partial charge in [-0.1, -0.05) is 54.1 Å². The van der Waals surface area contributed by atoms with Gasteiger partial charge in [-0.25, -0.2) is 0 Å². The van der Waals surface area contributed by atoms with Gasteiger partial charge >= 0.3 is 0 Å². The van der Waals surface area contributed by atoms with E-state index in [0.29, 0.717) is 11.4 Å². The number of benzene rings is 2. The molecule has 3 nitrogen and oxygen atoms in total. The van der Waals surface area contributed by atoms with Gasteiger partial charge in [0.05, 0.1) is 22.5 Å². The summed E-state index contributed by atoms with van der Waals surface area (Å²) >= 11 is 6.27. The van der Waals surface area contributed by atoms with E-state index in [0.717, 1.165) is 27.7 Å². The summed E-state index contributed by atoms with van der Waals surface area (Å²) in [6, 6.07) is 14.0. The molecule has 4 heteroatoms. The van der Waals surface area contributed by atoms with E-state index < -0.39 is 6.10 Å². The van der Waals surface area contributed by atoms with E-state index in [-0.39, 0.29) is 0 Å². The van der Waals surface area contributed by atoms with Gasteiger partial charge in [0.25, 0.3) is 0 Å². The fourth-order valence-corrected chi connectivity index (χ4v) is 2.97. The van der Waals surface area contributed by atoms with Crippen LogP contribution in [0.15, 0.2) is 42.5 Å². The van der Waals surface area contributed by atoms with E-state index in [2.05, 4.69) is 5.10 Å². The molecule has 0 radical (unpaired) electrons. The number of aliphatic hydroxyl groups excluding tert-OH is 1. The molecule has 1 heterocycles. The summed E-state index contributed by atoms with van der Waals surface area (Å²) < 4.78 is 1.74. The Kier molecular flexibility index (Phi) is 3.70. The predicted octanol–water partition coefficient (Wildman–Crippen LogP) is 3.81. The molecule has 0 amide bonds. The van der Waals surface area contributed by atoms with Gasteiger partial charge in [0.15, 0.2) is 0 Å². The third kappa shape index (κ3) is 2.55. The Bertz CT molecular complexity index is 789. The monoisotopic (exact) mass is 300 g/mol. The van der Waals surface area contributed by atoms with Crippen molar-refractivity contribution in [2.24, 2.45) is 7.05 Å². The molecule has 0 aliphatic rings. The molecule has 0 saturated carbocycles. The fraction of sp³-hybridized carbons (Fsp3) is 0.235. The van der Waals surface area contributed by atoms with Gasteiger partial charge in [-0.05, 0) is 23.3 Å². The van der Waals surface area contributed by atoms with E-state index in [9.17, 15) is 5.11 Å². The average molecular weight is 301 g/mol. The second-order valence-corrected chi connectivity index (χ2v) is 5.64. The Morgan fingerprint density at radius 1 is 1.19 bits per heavy atom. The van der Waals surface area contributed by atoms with Crippen LogP contribution in [0.3, 0.4) is 0 Å². The van der Waals surface area contributed by atoms with Crippen LogP contribution in [-0.2, 0) is 13.5 Å². The zero-order valence-electron chi connectivity index (χ0n) is 12.0. The standard InChI is InChI=1S/C17H17ClN2O/c1-11-17(18)15(20(2)19-11)10-16(21)14-9-5-7-12-6-3-4-8-13(12)14/h3-9,16,21H,10H2,1-2H3. The average Bonchev–Trinajstić information content (AvgIpc) is 2.73. The fourth-order valence-electron chi connectivity index (χ4n) is 2.74. The maximum absolute atomic E-state index is 10.6. The predicted molar refractivity (Wildman–Crippen MR) is 85.6 cm³/mol. The van der Waals surface area contributed by atoms with Crippen LogP contribution in [0.5, 0.6) is 0 Å². The van der Waals surface area contributed by atoms with Crippen LogP contribution in [0.2, 0.25) is 5.02 Å². The zero-order valence-corrected chi connectivity index (χ0v) is 12.8. The lowest BCUT2D eigenvalue weighted by atomic mass is 9.98. The molecule has 0 aliphatic heterocycles. The van der Waals surface area contributed by atoms with Gasteiger partial charge in [0.1, 0.15) is 0 Å². The van der Waals surface area contributed by atoms with Crippen molar-refractivity contribution in [3.8, 4) is 0 Å². The molecule has 3 aromatic rings. The summed E-state index contributed by atoms with van der Waals surface area (Å²) in [6.07, 6.45) is -0.159. The minimum atomic E-state index is -0.608. The van der Waals surface area contributed by atoms with Crippen molar-refractivity contribution in [2.75, 3.05) is 0 Å². The highest BCUT2D eigenvalue weighted by atomic mass is 35.5. The van der Waals surface area contributed by atoms with E-state index in [1.165, 1.54) is 0 Å².